The van der Waals surface area contributed by atoms with Crippen molar-refractivity contribution in [3.05, 3.63) is 11.8 Å². The minimum Gasteiger partial charge on any atom is -0.444 e. The third-order valence-corrected chi connectivity index (χ3v) is 2.31. The first kappa shape index (κ1) is 20.3. The smallest absolute Gasteiger partial charge is 0.411 e. The molecule has 1 N–H and O–H groups in total. The average Bonchev–Trinajstić information content (AvgIpc) is 2.33. The highest BCUT2D eigenvalue weighted by atomic mass is 16.6. The van der Waals surface area contributed by atoms with Gasteiger partial charge in [-0.15, -0.1) is 0 Å². The predicted octanol–water partition coefficient (Wildman–Crippen LogP) is 5.41. The van der Waals surface area contributed by atoms with Gasteiger partial charge in [0.25, 0.3) is 0 Å². The molecule has 0 heterocycles. The molecule has 0 aliphatic rings. The van der Waals surface area contributed by atoms with Gasteiger partial charge in [0.1, 0.15) is 5.60 Å². The Labute approximate surface area is 119 Å². The molecule has 0 saturated heterocycles. The van der Waals surface area contributed by atoms with Crippen molar-refractivity contribution in [2.45, 2.75) is 86.2 Å². The van der Waals surface area contributed by atoms with E-state index in [4.69, 9.17) is 4.74 Å². The third kappa shape index (κ3) is 15.0. The molecule has 3 nitrogen and oxygen atoms in total. The van der Waals surface area contributed by atoms with Gasteiger partial charge in [-0.1, -0.05) is 46.1 Å². The zero-order valence-corrected chi connectivity index (χ0v) is 13.9. The number of nitrogens with one attached hydrogen (secondary N) is 1. The number of alkyl carbamates (subject to hydrolysis) is 1. The SMILES string of the molecule is C/C=C(/CCCCCC)NC(=O)OC(C)(C)C.CC. The molecule has 0 fully saturated rings. The molecule has 0 aromatic heterocycles. The van der Waals surface area contributed by atoms with Crippen LogP contribution in [-0.4, -0.2) is 11.7 Å². The van der Waals surface area contributed by atoms with E-state index in [-0.39, 0.29) is 6.09 Å². The summed E-state index contributed by atoms with van der Waals surface area (Å²) in [5, 5.41) is 2.80. The number of allylic oxidation sites excluding steroid dienone is 2. The van der Waals surface area contributed by atoms with E-state index in [1.165, 1.54) is 19.3 Å². The fourth-order valence-electron chi connectivity index (χ4n) is 1.46. The van der Waals surface area contributed by atoms with Gasteiger partial charge < -0.3 is 4.74 Å². The van der Waals surface area contributed by atoms with Crippen molar-refractivity contribution in [3.63, 3.8) is 0 Å². The minimum absolute atomic E-state index is 0.360. The molecule has 19 heavy (non-hydrogen) atoms. The summed E-state index contributed by atoms with van der Waals surface area (Å²) in [5.41, 5.74) is 0.515. The molecule has 0 bridgehead atoms. The van der Waals surface area contributed by atoms with Crippen molar-refractivity contribution >= 4 is 6.09 Å². The summed E-state index contributed by atoms with van der Waals surface area (Å²) in [6.45, 7) is 13.7. The van der Waals surface area contributed by atoms with Crippen LogP contribution in [0.1, 0.15) is 80.6 Å². The Hall–Kier alpha value is -0.990. The van der Waals surface area contributed by atoms with E-state index in [0.29, 0.717) is 0 Å². The molecular weight excluding hydrogens is 238 g/mol. The number of hydrogen-bond donors (Lipinski definition) is 1. The largest absolute Gasteiger partial charge is 0.444 e. The molecule has 0 aromatic carbocycles. The van der Waals surface area contributed by atoms with Crippen molar-refractivity contribution in [2.24, 2.45) is 0 Å². The Kier molecular flexibility index (Phi) is 12.9. The maximum atomic E-state index is 11.5. The average molecular weight is 271 g/mol. The van der Waals surface area contributed by atoms with Crippen LogP contribution in [0, 0.1) is 0 Å². The van der Waals surface area contributed by atoms with Gasteiger partial charge in [0, 0.05) is 5.70 Å². The number of unbranched alkanes of at least 4 members (excludes halogenated alkanes) is 3. The maximum Gasteiger partial charge on any atom is 0.411 e. The summed E-state index contributed by atoms with van der Waals surface area (Å²) < 4.78 is 5.21. The van der Waals surface area contributed by atoms with Gasteiger partial charge in [0.05, 0.1) is 0 Å². The van der Waals surface area contributed by atoms with Gasteiger partial charge in [-0.2, -0.15) is 0 Å². The summed E-state index contributed by atoms with van der Waals surface area (Å²) in [4.78, 5) is 11.5. The number of carbonyl (C=O) groups excluding carboxylic acids is 1. The van der Waals surface area contributed by atoms with Crippen LogP contribution < -0.4 is 5.32 Å². The van der Waals surface area contributed by atoms with Gasteiger partial charge in [0.2, 0.25) is 0 Å². The number of carbonyl (C=O) groups is 1. The number of amides is 1. The van der Waals surface area contributed by atoms with E-state index in [9.17, 15) is 4.79 Å². The second-order valence-electron chi connectivity index (χ2n) is 5.25. The molecule has 0 aliphatic carbocycles. The number of ether oxygens (including phenoxy) is 1. The predicted molar refractivity (Wildman–Crippen MR) is 83.2 cm³/mol. The van der Waals surface area contributed by atoms with E-state index < -0.39 is 5.60 Å². The molecule has 3 heteroatoms. The van der Waals surface area contributed by atoms with Crippen molar-refractivity contribution in [1.82, 2.24) is 5.32 Å². The third-order valence-electron chi connectivity index (χ3n) is 2.31. The molecule has 114 valence electrons. The first-order valence-electron chi connectivity index (χ1n) is 7.54. The molecule has 0 saturated carbocycles. The number of rotatable bonds is 6. The van der Waals surface area contributed by atoms with Crippen molar-refractivity contribution in [3.8, 4) is 0 Å². The highest BCUT2D eigenvalue weighted by Crippen LogP contribution is 2.10. The zero-order valence-electron chi connectivity index (χ0n) is 13.9. The van der Waals surface area contributed by atoms with Crippen LogP contribution in [0.25, 0.3) is 0 Å². The Balaban J connectivity index is 0. The minimum atomic E-state index is -0.439. The van der Waals surface area contributed by atoms with Crippen LogP contribution >= 0.6 is 0 Å². The first-order chi connectivity index (χ1) is 8.89. The van der Waals surface area contributed by atoms with Crippen LogP contribution in [0.2, 0.25) is 0 Å². The van der Waals surface area contributed by atoms with E-state index in [1.54, 1.807) is 0 Å². The van der Waals surface area contributed by atoms with E-state index in [2.05, 4.69) is 12.2 Å². The van der Waals surface area contributed by atoms with Gasteiger partial charge in [-0.05, 0) is 40.5 Å². The van der Waals surface area contributed by atoms with Crippen LogP contribution in [0.15, 0.2) is 11.8 Å². The van der Waals surface area contributed by atoms with Crippen LogP contribution in [-0.2, 0) is 4.74 Å². The fourth-order valence-corrected chi connectivity index (χ4v) is 1.46. The summed E-state index contributed by atoms with van der Waals surface area (Å²) in [5.74, 6) is 0. The lowest BCUT2D eigenvalue weighted by Crippen LogP contribution is -2.32. The summed E-state index contributed by atoms with van der Waals surface area (Å²) in [7, 11) is 0. The summed E-state index contributed by atoms with van der Waals surface area (Å²) in [6, 6.07) is 0. The summed E-state index contributed by atoms with van der Waals surface area (Å²) in [6.07, 6.45) is 7.30. The molecule has 0 unspecified atom stereocenters. The van der Waals surface area contributed by atoms with E-state index in [0.717, 1.165) is 18.5 Å². The normalized spacial score (nSPS) is 11.4. The van der Waals surface area contributed by atoms with Crippen LogP contribution in [0.3, 0.4) is 0 Å². The molecule has 0 spiro atoms. The standard InChI is InChI=1S/C14H27NO2.C2H6/c1-6-8-9-10-11-12(7-2)15-13(16)17-14(3,4)5;1-2/h7H,6,8-11H2,1-5H3,(H,15,16);1-2H3/b12-7-;. The molecule has 0 aromatic rings. The Morgan fingerprint density at radius 1 is 1.16 bits per heavy atom. The van der Waals surface area contributed by atoms with Gasteiger partial charge in [-0.3, -0.25) is 5.32 Å². The molecule has 0 atom stereocenters. The molecule has 0 rings (SSSR count). The lowest BCUT2D eigenvalue weighted by Gasteiger charge is -2.20. The van der Waals surface area contributed by atoms with Gasteiger partial charge in [-0.25, -0.2) is 4.79 Å². The zero-order chi connectivity index (χ0) is 15.3. The van der Waals surface area contributed by atoms with Gasteiger partial charge >= 0.3 is 6.09 Å². The van der Waals surface area contributed by atoms with E-state index >= 15 is 0 Å². The van der Waals surface area contributed by atoms with Crippen molar-refractivity contribution in [1.29, 1.82) is 0 Å². The molecular formula is C16H33NO2. The van der Waals surface area contributed by atoms with Gasteiger partial charge in [0.15, 0.2) is 0 Å². The second kappa shape index (κ2) is 12.1. The maximum absolute atomic E-state index is 11.5. The van der Waals surface area contributed by atoms with Crippen LogP contribution in [0.5, 0.6) is 0 Å². The monoisotopic (exact) mass is 271 g/mol. The second-order valence-corrected chi connectivity index (χ2v) is 5.25. The highest BCUT2D eigenvalue weighted by Gasteiger charge is 2.16. The fraction of sp³-hybridized carbons (Fsp3) is 0.812. The lowest BCUT2D eigenvalue weighted by molar-refractivity contribution is 0.0544. The lowest BCUT2D eigenvalue weighted by atomic mass is 10.1. The Bertz CT molecular complexity index is 252. The van der Waals surface area contributed by atoms with Crippen LogP contribution in [0.4, 0.5) is 4.79 Å². The Morgan fingerprint density at radius 2 is 1.74 bits per heavy atom. The quantitative estimate of drug-likeness (QED) is 0.656. The van der Waals surface area contributed by atoms with E-state index in [1.807, 2.05) is 47.6 Å². The Morgan fingerprint density at radius 3 is 2.16 bits per heavy atom. The molecule has 0 radical (unpaired) electrons. The molecule has 1 amide bonds. The topological polar surface area (TPSA) is 38.3 Å². The highest BCUT2D eigenvalue weighted by molar-refractivity contribution is 5.69. The number of hydrogen-bond acceptors (Lipinski definition) is 2. The van der Waals surface area contributed by atoms with Crippen molar-refractivity contribution in [2.75, 3.05) is 0 Å². The first-order valence-corrected chi connectivity index (χ1v) is 7.54. The summed E-state index contributed by atoms with van der Waals surface area (Å²) >= 11 is 0. The molecule has 0 aliphatic heterocycles. The van der Waals surface area contributed by atoms with Crippen molar-refractivity contribution < 1.29 is 9.53 Å².